The molecule has 6 nitrogen and oxygen atoms in total. The molecule has 4 amide bonds. The van der Waals surface area contributed by atoms with Gasteiger partial charge >= 0.3 is 6.03 Å². The van der Waals surface area contributed by atoms with Gasteiger partial charge in [0.2, 0.25) is 5.91 Å². The number of hydrogen-bond acceptors (Lipinski definition) is 3. The molecule has 1 N–H and O–H groups in total. The number of imide groups is 1. The zero-order valence-corrected chi connectivity index (χ0v) is 13.8. The highest BCUT2D eigenvalue weighted by molar-refractivity contribution is 6.16. The quantitative estimate of drug-likeness (QED) is 0.854. The van der Waals surface area contributed by atoms with Crippen molar-refractivity contribution in [3.63, 3.8) is 0 Å². The molecule has 2 aromatic carbocycles. The van der Waals surface area contributed by atoms with E-state index in [9.17, 15) is 23.2 Å². The van der Waals surface area contributed by atoms with Gasteiger partial charge in [0.15, 0.2) is 0 Å². The van der Waals surface area contributed by atoms with E-state index in [1.807, 2.05) is 0 Å². The number of carbonyl (C=O) groups is 3. The molecule has 0 aliphatic carbocycles. The van der Waals surface area contributed by atoms with Crippen molar-refractivity contribution in [3.8, 4) is 0 Å². The summed E-state index contributed by atoms with van der Waals surface area (Å²) in [5, 5.41) is 2.49. The van der Waals surface area contributed by atoms with Crippen LogP contribution in [-0.2, 0) is 9.59 Å². The maximum absolute atomic E-state index is 13.1. The van der Waals surface area contributed by atoms with Gasteiger partial charge in [-0.3, -0.25) is 19.4 Å². The van der Waals surface area contributed by atoms with Crippen LogP contribution < -0.4 is 10.2 Å². The Kier molecular flexibility index (Phi) is 4.66. The summed E-state index contributed by atoms with van der Waals surface area (Å²) < 4.78 is 26.0. The second-order valence-corrected chi connectivity index (χ2v) is 5.78. The first-order valence-electron chi connectivity index (χ1n) is 7.82. The van der Waals surface area contributed by atoms with E-state index in [0.29, 0.717) is 11.4 Å². The fourth-order valence-electron chi connectivity index (χ4n) is 2.68. The molecule has 0 spiro atoms. The topological polar surface area (TPSA) is 69.7 Å². The van der Waals surface area contributed by atoms with E-state index < -0.39 is 42.1 Å². The molecule has 1 heterocycles. The lowest BCUT2D eigenvalue weighted by Gasteiger charge is -2.19. The van der Waals surface area contributed by atoms with Gasteiger partial charge in [0, 0.05) is 11.4 Å². The first kappa shape index (κ1) is 17.5. The summed E-state index contributed by atoms with van der Waals surface area (Å²) in [6.45, 7) is 1.05. The molecule has 1 aliphatic heterocycles. The average Bonchev–Trinajstić information content (AvgIpc) is 2.82. The lowest BCUT2D eigenvalue weighted by molar-refractivity contribution is -0.130. The van der Waals surface area contributed by atoms with Crippen molar-refractivity contribution in [3.05, 3.63) is 60.2 Å². The van der Waals surface area contributed by atoms with Gasteiger partial charge in [0.25, 0.3) is 5.91 Å². The summed E-state index contributed by atoms with van der Waals surface area (Å²) in [6.07, 6.45) is 0. The number of amides is 4. The van der Waals surface area contributed by atoms with E-state index in [-0.39, 0.29) is 0 Å². The molecule has 2 aromatic rings. The molecule has 134 valence electrons. The fourth-order valence-corrected chi connectivity index (χ4v) is 2.68. The van der Waals surface area contributed by atoms with Crippen molar-refractivity contribution in [1.29, 1.82) is 0 Å². The van der Waals surface area contributed by atoms with Gasteiger partial charge in [-0.05, 0) is 55.5 Å². The van der Waals surface area contributed by atoms with E-state index in [1.54, 1.807) is 0 Å². The lowest BCUT2D eigenvalue weighted by Crippen LogP contribution is -2.39. The summed E-state index contributed by atoms with van der Waals surface area (Å²) in [5.41, 5.74) is 0.706. The Morgan fingerprint density at radius 3 is 2.12 bits per heavy atom. The SMILES string of the molecule is C[C@H]1C(=O)N(CC(=O)Nc2ccc(F)cc2)C(=O)N1c1ccc(F)cc1. The highest BCUT2D eigenvalue weighted by atomic mass is 19.1. The normalized spacial score (nSPS) is 17.0. The van der Waals surface area contributed by atoms with Crippen molar-refractivity contribution in [1.82, 2.24) is 4.90 Å². The van der Waals surface area contributed by atoms with Crippen molar-refractivity contribution < 1.29 is 23.2 Å². The zero-order chi connectivity index (χ0) is 18.8. The van der Waals surface area contributed by atoms with Crippen LogP contribution in [0.5, 0.6) is 0 Å². The molecular weight excluding hydrogens is 344 g/mol. The molecule has 0 saturated carbocycles. The number of urea groups is 1. The van der Waals surface area contributed by atoms with Crippen LogP contribution in [0.2, 0.25) is 0 Å². The van der Waals surface area contributed by atoms with Crippen LogP contribution in [0, 0.1) is 11.6 Å². The minimum absolute atomic E-state index is 0.346. The van der Waals surface area contributed by atoms with Gasteiger partial charge in [0.1, 0.15) is 24.2 Å². The minimum Gasteiger partial charge on any atom is -0.325 e. The fraction of sp³-hybridized carbons (Fsp3) is 0.167. The largest absolute Gasteiger partial charge is 0.332 e. The third-order valence-corrected chi connectivity index (χ3v) is 3.98. The smallest absolute Gasteiger partial charge is 0.325 e. The van der Waals surface area contributed by atoms with Gasteiger partial charge in [-0.1, -0.05) is 0 Å². The second kappa shape index (κ2) is 6.91. The van der Waals surface area contributed by atoms with Crippen LogP contribution in [0.1, 0.15) is 6.92 Å². The van der Waals surface area contributed by atoms with Gasteiger partial charge in [-0.25, -0.2) is 13.6 Å². The van der Waals surface area contributed by atoms with Crippen molar-refractivity contribution in [2.75, 3.05) is 16.8 Å². The Labute approximate surface area is 148 Å². The van der Waals surface area contributed by atoms with Gasteiger partial charge < -0.3 is 5.32 Å². The predicted octanol–water partition coefficient (Wildman–Crippen LogP) is 2.76. The van der Waals surface area contributed by atoms with Crippen LogP contribution in [0.15, 0.2) is 48.5 Å². The number of anilines is 2. The number of rotatable bonds is 4. The van der Waals surface area contributed by atoms with Crippen LogP contribution in [0.25, 0.3) is 0 Å². The molecule has 3 rings (SSSR count). The van der Waals surface area contributed by atoms with Crippen molar-refractivity contribution in [2.45, 2.75) is 13.0 Å². The molecule has 0 radical (unpaired) electrons. The highest BCUT2D eigenvalue weighted by Gasteiger charge is 2.44. The number of benzene rings is 2. The predicted molar refractivity (Wildman–Crippen MR) is 90.5 cm³/mol. The molecule has 1 aliphatic rings. The standard InChI is InChI=1S/C18H15F2N3O3/c1-11-17(25)22(10-16(24)21-14-6-2-12(19)3-7-14)18(26)23(11)15-8-4-13(20)5-9-15/h2-9,11H,10H2,1H3,(H,21,24)/t11-/m0/s1. The highest BCUT2D eigenvalue weighted by Crippen LogP contribution is 2.25. The van der Waals surface area contributed by atoms with Gasteiger partial charge in [-0.15, -0.1) is 0 Å². The monoisotopic (exact) mass is 359 g/mol. The summed E-state index contributed by atoms with van der Waals surface area (Å²) in [5.74, 6) is -2.04. The molecule has 1 atom stereocenters. The van der Waals surface area contributed by atoms with Crippen LogP contribution in [0.3, 0.4) is 0 Å². The molecule has 26 heavy (non-hydrogen) atoms. The van der Waals surface area contributed by atoms with E-state index in [1.165, 1.54) is 60.4 Å². The minimum atomic E-state index is -0.813. The Morgan fingerprint density at radius 1 is 1.00 bits per heavy atom. The van der Waals surface area contributed by atoms with Crippen LogP contribution in [-0.4, -0.2) is 35.3 Å². The molecule has 1 saturated heterocycles. The summed E-state index contributed by atoms with van der Waals surface area (Å²) in [7, 11) is 0. The number of halogens is 2. The summed E-state index contributed by atoms with van der Waals surface area (Å²) >= 11 is 0. The number of hydrogen-bond donors (Lipinski definition) is 1. The van der Waals surface area contributed by atoms with Crippen molar-refractivity contribution in [2.24, 2.45) is 0 Å². The third kappa shape index (κ3) is 3.39. The first-order valence-corrected chi connectivity index (χ1v) is 7.82. The van der Waals surface area contributed by atoms with E-state index in [4.69, 9.17) is 0 Å². The van der Waals surface area contributed by atoms with E-state index in [0.717, 1.165) is 4.90 Å². The molecule has 8 heteroatoms. The third-order valence-electron chi connectivity index (χ3n) is 3.98. The van der Waals surface area contributed by atoms with E-state index >= 15 is 0 Å². The van der Waals surface area contributed by atoms with Crippen molar-refractivity contribution >= 4 is 29.2 Å². The summed E-state index contributed by atoms with van der Waals surface area (Å²) in [6, 6.07) is 8.77. The molecule has 0 bridgehead atoms. The van der Waals surface area contributed by atoms with Crippen LogP contribution >= 0.6 is 0 Å². The Bertz CT molecular complexity index is 853. The Balaban J connectivity index is 1.72. The molecule has 1 fully saturated rings. The maximum Gasteiger partial charge on any atom is 0.332 e. The average molecular weight is 359 g/mol. The molecule has 0 unspecified atom stereocenters. The Morgan fingerprint density at radius 2 is 1.54 bits per heavy atom. The Hall–Kier alpha value is -3.29. The second-order valence-electron chi connectivity index (χ2n) is 5.78. The molecular formula is C18H15F2N3O3. The molecule has 0 aromatic heterocycles. The first-order chi connectivity index (χ1) is 12.4. The van der Waals surface area contributed by atoms with Gasteiger partial charge in [-0.2, -0.15) is 0 Å². The summed E-state index contributed by atoms with van der Waals surface area (Å²) in [4.78, 5) is 39.1. The lowest BCUT2D eigenvalue weighted by atomic mass is 10.2. The number of nitrogens with zero attached hydrogens (tertiary/aromatic N) is 2. The number of nitrogens with one attached hydrogen (secondary N) is 1. The number of carbonyl (C=O) groups excluding carboxylic acids is 3. The zero-order valence-electron chi connectivity index (χ0n) is 13.8. The van der Waals surface area contributed by atoms with Gasteiger partial charge in [0.05, 0.1) is 0 Å². The maximum atomic E-state index is 13.1. The van der Waals surface area contributed by atoms with Crippen LogP contribution in [0.4, 0.5) is 25.0 Å². The van der Waals surface area contributed by atoms with E-state index in [2.05, 4.69) is 5.32 Å².